The summed E-state index contributed by atoms with van der Waals surface area (Å²) in [5, 5.41) is 28.0. The van der Waals surface area contributed by atoms with Gasteiger partial charge in [0.25, 0.3) is 0 Å². The molecule has 0 unspecified atom stereocenters. The van der Waals surface area contributed by atoms with Gasteiger partial charge in [-0.1, -0.05) is 62.4 Å². The highest BCUT2D eigenvalue weighted by Crippen LogP contribution is 2.64. The number of alkyl carbamates (subject to hydrolysis) is 1. The summed E-state index contributed by atoms with van der Waals surface area (Å²) in [6.45, 7) is 12.7. The van der Waals surface area contributed by atoms with E-state index in [1.54, 1.807) is 109 Å². The number of Topliss-reactive ketones (excluding diaryl/α,β-unsaturated/α-hetero) is 1. The molecule has 4 aliphatic rings. The quantitative estimate of drug-likeness (QED) is 0.171. The molecular formula is C45H57NO14. The Morgan fingerprint density at radius 3 is 2.08 bits per heavy atom. The first-order valence-corrected chi connectivity index (χ1v) is 20.1. The fourth-order valence-electron chi connectivity index (χ4n) is 10.1. The van der Waals surface area contributed by atoms with Gasteiger partial charge < -0.3 is 48.7 Å². The van der Waals surface area contributed by atoms with E-state index in [4.69, 9.17) is 33.2 Å². The summed E-state index contributed by atoms with van der Waals surface area (Å²) in [7, 11) is 2.78. The van der Waals surface area contributed by atoms with Crippen molar-refractivity contribution in [1.82, 2.24) is 5.32 Å². The van der Waals surface area contributed by atoms with Crippen LogP contribution in [0, 0.1) is 16.7 Å². The molecule has 11 atom stereocenters. The molecule has 0 aromatic heterocycles. The SMILES string of the molecule is CO[C@H]1C(=O)[C@]2(C)[C@@H](OC)C[C@H]3OC[C@@]3(OC(C)=O)[C@@H]2[C@H](OC(=O)c2ccccc2)[C@]2(O)C[C@H](OC(=O)[C@H](O)[C@@H](NC(=O)OC(C)(C)C)c3ccccc3)C(C)=C1C2(C)C. The van der Waals surface area contributed by atoms with Crippen molar-refractivity contribution in [2.75, 3.05) is 20.8 Å². The summed E-state index contributed by atoms with van der Waals surface area (Å²) in [4.78, 5) is 70.1. The Hall–Kier alpha value is -4.67. The number of benzene rings is 2. The maximum atomic E-state index is 15.5. The molecule has 1 heterocycles. The summed E-state index contributed by atoms with van der Waals surface area (Å²) in [5.74, 6) is -4.52. The van der Waals surface area contributed by atoms with Gasteiger partial charge in [0.05, 0.1) is 35.6 Å². The lowest BCUT2D eigenvalue weighted by Gasteiger charge is -2.67. The van der Waals surface area contributed by atoms with Crippen LogP contribution in [0.15, 0.2) is 71.8 Å². The van der Waals surface area contributed by atoms with E-state index in [1.807, 2.05) is 0 Å². The van der Waals surface area contributed by atoms with E-state index < -0.39 is 112 Å². The maximum Gasteiger partial charge on any atom is 0.408 e. The fourth-order valence-corrected chi connectivity index (χ4v) is 10.1. The second-order valence-electron chi connectivity index (χ2n) is 18.0. The van der Waals surface area contributed by atoms with Crippen LogP contribution in [0.4, 0.5) is 4.79 Å². The lowest BCUT2D eigenvalue weighted by atomic mass is 9.44. The third kappa shape index (κ3) is 7.52. The largest absolute Gasteiger partial charge is 0.456 e. The lowest BCUT2D eigenvalue weighted by molar-refractivity contribution is -0.347. The maximum absolute atomic E-state index is 15.5. The highest BCUT2D eigenvalue weighted by molar-refractivity contribution is 5.94. The molecule has 15 nitrogen and oxygen atoms in total. The Balaban J connectivity index is 1.52. The number of carbonyl (C=O) groups excluding carboxylic acids is 5. The van der Waals surface area contributed by atoms with Crippen LogP contribution in [0.25, 0.3) is 0 Å². The number of ether oxygens (including phenoxy) is 7. The van der Waals surface area contributed by atoms with Crippen LogP contribution in [0.5, 0.6) is 0 Å². The minimum absolute atomic E-state index is 0.121. The van der Waals surface area contributed by atoms with Crippen molar-refractivity contribution in [3.63, 3.8) is 0 Å². The first-order valence-electron chi connectivity index (χ1n) is 20.1. The Labute approximate surface area is 350 Å². The summed E-state index contributed by atoms with van der Waals surface area (Å²) in [5.41, 5.74) is -6.72. The van der Waals surface area contributed by atoms with E-state index in [1.165, 1.54) is 21.1 Å². The highest BCUT2D eigenvalue weighted by atomic mass is 16.6. The zero-order valence-corrected chi connectivity index (χ0v) is 35.8. The zero-order chi connectivity index (χ0) is 44.2. The van der Waals surface area contributed by atoms with Crippen LogP contribution >= 0.6 is 0 Å². The molecule has 326 valence electrons. The second kappa shape index (κ2) is 16.3. The van der Waals surface area contributed by atoms with Gasteiger partial charge in [0.2, 0.25) is 0 Å². The molecule has 0 spiro atoms. The van der Waals surface area contributed by atoms with E-state index in [0.29, 0.717) is 11.1 Å². The third-order valence-electron chi connectivity index (χ3n) is 13.0. The standard InChI is InChI=1S/C45H57NO14/c1-24-28(57-39(51)33(48)32(26-17-13-11-14-18-26)46-40(52)60-41(3,4)5)22-45(53)37(58-38(50)27-19-15-12-16-20-27)35-43(8,36(49)34(55-10)31(24)42(45,6)7)29(54-9)21-30-44(35,23-56-30)59-25(2)47/h11-20,28-30,32-35,37,48,53H,21-23H2,1-10H3,(H,46,52)/t28-,29-,30+,32-,33+,34+,35+,37-,43+,44-,45+/m0/s1. The van der Waals surface area contributed by atoms with Crippen molar-refractivity contribution < 1.29 is 67.3 Å². The second-order valence-corrected chi connectivity index (χ2v) is 18.0. The first kappa shape index (κ1) is 44.9. The van der Waals surface area contributed by atoms with Crippen LogP contribution in [-0.2, 0) is 47.5 Å². The van der Waals surface area contributed by atoms with Crippen LogP contribution in [0.1, 0.15) is 90.2 Å². The van der Waals surface area contributed by atoms with Crippen molar-refractivity contribution in [2.24, 2.45) is 16.7 Å². The summed E-state index contributed by atoms with van der Waals surface area (Å²) < 4.78 is 42.4. The number of aliphatic hydroxyl groups excluding tert-OH is 1. The average molecular weight is 836 g/mol. The Bertz CT molecular complexity index is 2010. The van der Waals surface area contributed by atoms with Crippen molar-refractivity contribution >= 4 is 29.8 Å². The van der Waals surface area contributed by atoms with E-state index in [2.05, 4.69) is 5.32 Å². The number of amides is 1. The van der Waals surface area contributed by atoms with Crippen molar-refractivity contribution in [1.29, 1.82) is 0 Å². The van der Waals surface area contributed by atoms with Gasteiger partial charge in [-0.3, -0.25) is 9.59 Å². The molecule has 15 heteroatoms. The fraction of sp³-hybridized carbons (Fsp3) is 0.578. The van der Waals surface area contributed by atoms with Crippen LogP contribution < -0.4 is 5.32 Å². The van der Waals surface area contributed by atoms with E-state index in [9.17, 15) is 29.4 Å². The van der Waals surface area contributed by atoms with Gasteiger partial charge in [-0.15, -0.1) is 0 Å². The number of aliphatic hydroxyl groups is 2. The Morgan fingerprint density at radius 1 is 0.933 bits per heavy atom. The number of ketones is 1. The number of hydrogen-bond acceptors (Lipinski definition) is 14. The minimum atomic E-state index is -2.22. The summed E-state index contributed by atoms with van der Waals surface area (Å²) >= 11 is 0. The van der Waals surface area contributed by atoms with Gasteiger partial charge in [-0.05, 0) is 63.5 Å². The zero-order valence-electron chi connectivity index (χ0n) is 35.8. The van der Waals surface area contributed by atoms with Crippen molar-refractivity contribution in [3.05, 3.63) is 82.9 Å². The normalized spacial score (nSPS) is 33.0. The minimum Gasteiger partial charge on any atom is -0.456 e. The molecule has 2 aromatic rings. The van der Waals surface area contributed by atoms with Crippen LogP contribution in [0.2, 0.25) is 0 Å². The van der Waals surface area contributed by atoms with E-state index in [0.717, 1.165) is 0 Å². The number of methoxy groups -OCH3 is 2. The molecule has 1 aliphatic heterocycles. The average Bonchev–Trinajstić information content (AvgIpc) is 3.18. The van der Waals surface area contributed by atoms with Gasteiger partial charge in [0, 0.05) is 39.4 Å². The van der Waals surface area contributed by atoms with Crippen LogP contribution in [0.3, 0.4) is 0 Å². The van der Waals surface area contributed by atoms with E-state index >= 15 is 4.79 Å². The van der Waals surface area contributed by atoms with E-state index in [-0.39, 0.29) is 24.2 Å². The summed E-state index contributed by atoms with van der Waals surface area (Å²) in [6, 6.07) is 15.1. The van der Waals surface area contributed by atoms with Crippen LogP contribution in [-0.4, -0.2) is 114 Å². The van der Waals surface area contributed by atoms with Crippen molar-refractivity contribution in [2.45, 2.75) is 128 Å². The predicted molar refractivity (Wildman–Crippen MR) is 213 cm³/mol. The molecule has 6 rings (SSSR count). The molecule has 3 aliphatic carbocycles. The number of esters is 3. The molecule has 0 radical (unpaired) electrons. The monoisotopic (exact) mass is 835 g/mol. The molecule has 2 aromatic carbocycles. The number of rotatable bonds is 10. The summed E-state index contributed by atoms with van der Waals surface area (Å²) in [6.07, 6.45) is -9.31. The van der Waals surface area contributed by atoms with Gasteiger partial charge in [-0.25, -0.2) is 14.4 Å². The highest BCUT2D eigenvalue weighted by Gasteiger charge is 2.78. The third-order valence-corrected chi connectivity index (χ3v) is 13.0. The van der Waals surface area contributed by atoms with Crippen molar-refractivity contribution in [3.8, 4) is 0 Å². The Kier molecular flexibility index (Phi) is 12.2. The topological polar surface area (TPSA) is 202 Å². The first-order chi connectivity index (χ1) is 28.1. The molecule has 1 saturated heterocycles. The van der Waals surface area contributed by atoms with Gasteiger partial charge >= 0.3 is 24.0 Å². The smallest absolute Gasteiger partial charge is 0.408 e. The van der Waals surface area contributed by atoms with Gasteiger partial charge in [-0.2, -0.15) is 0 Å². The molecule has 2 saturated carbocycles. The number of fused-ring (bicyclic) bond motifs is 5. The Morgan fingerprint density at radius 2 is 1.55 bits per heavy atom. The van der Waals surface area contributed by atoms with Gasteiger partial charge in [0.15, 0.2) is 17.5 Å². The molecular weight excluding hydrogens is 778 g/mol. The number of nitrogens with one attached hydrogen (secondary N) is 1. The van der Waals surface area contributed by atoms with Gasteiger partial charge in [0.1, 0.15) is 35.6 Å². The molecule has 1 amide bonds. The molecule has 60 heavy (non-hydrogen) atoms. The molecule has 3 N–H and O–H groups in total. The lowest BCUT2D eigenvalue weighted by Crippen LogP contribution is -2.82. The molecule has 3 fully saturated rings. The molecule has 2 bridgehead atoms. The number of hydrogen-bond donors (Lipinski definition) is 3. The number of carbonyl (C=O) groups is 5. The predicted octanol–water partition coefficient (Wildman–Crippen LogP) is 4.57.